The average Bonchev–Trinajstić information content (AvgIpc) is 3.26. The Kier molecular flexibility index (Phi) is 6.94. The van der Waals surface area contributed by atoms with Gasteiger partial charge in [0.05, 0.1) is 17.0 Å². The van der Waals surface area contributed by atoms with Crippen LogP contribution in [0.1, 0.15) is 11.1 Å². The molecule has 4 aromatic rings. The van der Waals surface area contributed by atoms with E-state index >= 15 is 0 Å². The Balaban J connectivity index is 1.50. The number of aromatic nitrogens is 4. The number of anilines is 1. The number of nitrogens with one attached hydrogen (secondary N) is 1. The summed E-state index contributed by atoms with van der Waals surface area (Å²) in [5.74, 6) is -5.15. The third-order valence-corrected chi connectivity index (χ3v) is 6.86. The van der Waals surface area contributed by atoms with Gasteiger partial charge in [0, 0.05) is 45.5 Å². The normalized spacial score (nSPS) is 16.0. The van der Waals surface area contributed by atoms with Gasteiger partial charge in [-0.25, -0.2) is 23.2 Å². The maximum absolute atomic E-state index is 14.8. The monoisotopic (exact) mass is 561 g/mol. The summed E-state index contributed by atoms with van der Waals surface area (Å²) in [6, 6.07) is 9.52. The first kappa shape index (κ1) is 27.1. The summed E-state index contributed by atoms with van der Waals surface area (Å²) in [5.41, 5.74) is -1.62. The van der Waals surface area contributed by atoms with Crippen molar-refractivity contribution >= 4 is 23.0 Å². The Morgan fingerprint density at radius 1 is 1.15 bits per heavy atom. The molecule has 1 saturated heterocycles. The van der Waals surface area contributed by atoms with Crippen molar-refractivity contribution in [2.75, 3.05) is 31.6 Å². The van der Waals surface area contributed by atoms with Gasteiger partial charge in [-0.1, -0.05) is 30.3 Å². The van der Waals surface area contributed by atoms with E-state index in [-0.39, 0.29) is 40.8 Å². The third-order valence-electron chi connectivity index (χ3n) is 6.86. The maximum Gasteiger partial charge on any atom is 0.419 e. The Morgan fingerprint density at radius 3 is 2.55 bits per heavy atom. The Morgan fingerprint density at radius 2 is 1.88 bits per heavy atom. The van der Waals surface area contributed by atoms with E-state index in [0.717, 1.165) is 5.56 Å². The van der Waals surface area contributed by atoms with Crippen LogP contribution in [-0.4, -0.2) is 68.5 Å². The summed E-state index contributed by atoms with van der Waals surface area (Å²) < 4.78 is 70.1. The van der Waals surface area contributed by atoms with Crippen LogP contribution in [0.4, 0.5) is 32.7 Å². The van der Waals surface area contributed by atoms with Crippen LogP contribution in [0.3, 0.4) is 0 Å². The van der Waals surface area contributed by atoms with Gasteiger partial charge in [0.1, 0.15) is 5.69 Å². The molecule has 0 saturated carbocycles. The molecule has 210 valence electrons. The second kappa shape index (κ2) is 10.2. The van der Waals surface area contributed by atoms with E-state index in [1.807, 2.05) is 35.2 Å². The van der Waals surface area contributed by atoms with Crippen LogP contribution in [0.5, 0.6) is 5.75 Å². The molecule has 2 aromatic heterocycles. The number of hydrogen-bond acceptors (Lipinski definition) is 6. The number of piperazine rings is 1. The molecule has 3 heterocycles. The lowest BCUT2D eigenvalue weighted by molar-refractivity contribution is -0.140. The zero-order valence-electron chi connectivity index (χ0n) is 21.4. The minimum atomic E-state index is -5.18. The molecule has 2 amide bonds. The molecule has 1 atom stereocenters. The fourth-order valence-corrected chi connectivity index (χ4v) is 4.89. The Labute approximate surface area is 224 Å². The summed E-state index contributed by atoms with van der Waals surface area (Å²) in [6.45, 7) is 1.19. The van der Waals surface area contributed by atoms with Crippen molar-refractivity contribution in [1.29, 1.82) is 0 Å². The first-order chi connectivity index (χ1) is 19.0. The molecule has 40 heavy (non-hydrogen) atoms. The standard InChI is InChI=1S/C26H24F5N7O2/c1-32-25(40)38-9-8-37(13-15(38)10-14-6-4-3-5-7-14)24-33-12-17-21(35-36(2)23(17)34-24)16-11-18(26(29,30)31)20(28)22(39)19(16)27/h3-7,11-12,15,39H,8-10,13H2,1-2H3,(H,32,40)/t15-/m0/s1. The SMILES string of the molecule is CNC(=O)N1CCN(c2ncc3c(-c4cc(C(F)(F)F)c(F)c(O)c4F)nn(C)c3n2)C[C@@H]1Cc1ccccc1. The van der Waals surface area contributed by atoms with Crippen LogP contribution in [0.25, 0.3) is 22.3 Å². The number of amides is 2. The summed E-state index contributed by atoms with van der Waals surface area (Å²) in [6.07, 6.45) is -3.30. The van der Waals surface area contributed by atoms with E-state index in [9.17, 15) is 31.9 Å². The summed E-state index contributed by atoms with van der Waals surface area (Å²) >= 11 is 0. The summed E-state index contributed by atoms with van der Waals surface area (Å²) in [4.78, 5) is 25.1. The molecule has 2 N–H and O–H groups in total. The minimum absolute atomic E-state index is 0.106. The molecular formula is C26H24F5N7O2. The summed E-state index contributed by atoms with van der Waals surface area (Å²) in [5, 5.41) is 16.6. The van der Waals surface area contributed by atoms with Crippen LogP contribution >= 0.6 is 0 Å². The number of fused-ring (bicyclic) bond motifs is 1. The number of aryl methyl sites for hydroxylation is 1. The van der Waals surface area contributed by atoms with Crippen molar-refractivity contribution in [3.8, 4) is 17.0 Å². The highest BCUT2D eigenvalue weighted by Gasteiger charge is 2.38. The van der Waals surface area contributed by atoms with Gasteiger partial charge in [-0.05, 0) is 18.1 Å². The van der Waals surface area contributed by atoms with E-state index in [1.54, 1.807) is 11.9 Å². The molecule has 14 heteroatoms. The molecule has 0 radical (unpaired) electrons. The number of carbonyl (C=O) groups excluding carboxylic acids is 1. The minimum Gasteiger partial charge on any atom is -0.503 e. The largest absolute Gasteiger partial charge is 0.503 e. The van der Waals surface area contributed by atoms with Crippen LogP contribution in [0.15, 0.2) is 42.6 Å². The highest BCUT2D eigenvalue weighted by Crippen LogP contribution is 2.41. The number of phenols is 1. The van der Waals surface area contributed by atoms with E-state index < -0.39 is 34.7 Å². The lowest BCUT2D eigenvalue weighted by Crippen LogP contribution is -2.58. The number of hydrogen-bond donors (Lipinski definition) is 2. The topological polar surface area (TPSA) is 99.4 Å². The first-order valence-corrected chi connectivity index (χ1v) is 12.2. The molecule has 1 aliphatic rings. The van der Waals surface area contributed by atoms with E-state index in [2.05, 4.69) is 20.4 Å². The molecule has 1 aliphatic heterocycles. The number of urea groups is 1. The molecule has 5 rings (SSSR count). The maximum atomic E-state index is 14.8. The number of aromatic hydroxyl groups is 1. The van der Waals surface area contributed by atoms with E-state index in [1.165, 1.54) is 17.9 Å². The summed E-state index contributed by atoms with van der Waals surface area (Å²) in [7, 11) is 3.03. The highest BCUT2D eigenvalue weighted by molar-refractivity contribution is 5.91. The van der Waals surface area contributed by atoms with Gasteiger partial charge in [-0.15, -0.1) is 0 Å². The quantitative estimate of drug-likeness (QED) is 0.364. The highest BCUT2D eigenvalue weighted by atomic mass is 19.4. The zero-order valence-corrected chi connectivity index (χ0v) is 21.4. The number of rotatable bonds is 4. The van der Waals surface area contributed by atoms with E-state index in [0.29, 0.717) is 26.1 Å². The molecule has 0 aliphatic carbocycles. The van der Waals surface area contributed by atoms with Gasteiger partial charge in [0.2, 0.25) is 5.95 Å². The van der Waals surface area contributed by atoms with Crippen LogP contribution < -0.4 is 10.2 Å². The molecule has 9 nitrogen and oxygen atoms in total. The number of halogens is 5. The van der Waals surface area contributed by atoms with Crippen LogP contribution in [0.2, 0.25) is 0 Å². The van der Waals surface area contributed by atoms with Crippen molar-refractivity contribution in [3.63, 3.8) is 0 Å². The Hall–Kier alpha value is -4.49. The molecule has 0 spiro atoms. The van der Waals surface area contributed by atoms with Gasteiger partial charge >= 0.3 is 12.2 Å². The average molecular weight is 562 g/mol. The molecule has 0 bridgehead atoms. The van der Waals surface area contributed by atoms with Crippen molar-refractivity contribution in [3.05, 3.63) is 65.4 Å². The van der Waals surface area contributed by atoms with Crippen molar-refractivity contribution in [1.82, 2.24) is 30.0 Å². The van der Waals surface area contributed by atoms with Gasteiger partial charge in [0.25, 0.3) is 0 Å². The van der Waals surface area contributed by atoms with Gasteiger partial charge in [-0.3, -0.25) is 0 Å². The van der Waals surface area contributed by atoms with E-state index in [4.69, 9.17) is 0 Å². The second-order valence-corrected chi connectivity index (χ2v) is 9.36. The number of nitrogens with zero attached hydrogens (tertiary/aromatic N) is 6. The number of carbonyl (C=O) groups is 1. The van der Waals surface area contributed by atoms with Crippen molar-refractivity contribution < 1.29 is 31.9 Å². The fourth-order valence-electron chi connectivity index (χ4n) is 4.89. The lowest BCUT2D eigenvalue weighted by atomic mass is 10.0. The van der Waals surface area contributed by atoms with Crippen LogP contribution in [-0.2, 0) is 19.6 Å². The Bertz CT molecular complexity index is 1580. The number of phenolic OH excluding ortho intramolecular Hbond substituents is 1. The van der Waals surface area contributed by atoms with Crippen molar-refractivity contribution in [2.45, 2.75) is 18.6 Å². The zero-order chi connectivity index (χ0) is 28.8. The fraction of sp³-hybridized carbons (Fsp3) is 0.308. The molecular weight excluding hydrogens is 537 g/mol. The van der Waals surface area contributed by atoms with Gasteiger partial charge in [-0.2, -0.15) is 23.3 Å². The predicted molar refractivity (Wildman–Crippen MR) is 136 cm³/mol. The lowest BCUT2D eigenvalue weighted by Gasteiger charge is -2.41. The number of benzene rings is 2. The first-order valence-electron chi connectivity index (χ1n) is 12.2. The molecule has 2 aromatic carbocycles. The number of alkyl halides is 3. The van der Waals surface area contributed by atoms with Gasteiger partial charge in [0.15, 0.2) is 23.0 Å². The van der Waals surface area contributed by atoms with Crippen LogP contribution in [0, 0.1) is 11.6 Å². The second-order valence-electron chi connectivity index (χ2n) is 9.36. The van der Waals surface area contributed by atoms with Crippen molar-refractivity contribution in [2.24, 2.45) is 7.05 Å². The molecule has 0 unspecified atom stereocenters. The molecule has 1 fully saturated rings. The smallest absolute Gasteiger partial charge is 0.419 e. The van der Waals surface area contributed by atoms with Gasteiger partial charge < -0.3 is 20.2 Å². The predicted octanol–water partition coefficient (Wildman–Crippen LogP) is 4.11. The third kappa shape index (κ3) is 4.84.